The summed E-state index contributed by atoms with van der Waals surface area (Å²) in [5.74, 6) is 0.516. The number of halogens is 1. The lowest BCUT2D eigenvalue weighted by Gasteiger charge is -2.28. The minimum atomic E-state index is 0.399. The number of alkyl halides is 1. The molecule has 0 aliphatic heterocycles. The van der Waals surface area contributed by atoms with Crippen LogP contribution >= 0.6 is 22.9 Å². The Morgan fingerprint density at radius 2 is 2.20 bits per heavy atom. The van der Waals surface area contributed by atoms with E-state index in [9.17, 15) is 0 Å². The zero-order valence-corrected chi connectivity index (χ0v) is 13.7. The molecule has 1 saturated carbocycles. The number of thiazole rings is 1. The van der Waals surface area contributed by atoms with Gasteiger partial charge in [0.25, 0.3) is 0 Å². The van der Waals surface area contributed by atoms with E-state index in [0.717, 1.165) is 38.0 Å². The monoisotopic (exact) mass is 317 g/mol. The molecule has 0 aromatic carbocycles. The minimum absolute atomic E-state index is 0.399. The smallest absolute Gasteiger partial charge is 0.0928 e. The van der Waals surface area contributed by atoms with Gasteiger partial charge in [0.15, 0.2) is 0 Å². The zero-order valence-electron chi connectivity index (χ0n) is 12.1. The molecule has 0 N–H and O–H groups in total. The minimum Gasteiger partial charge on any atom is -0.381 e. The molecule has 5 heteroatoms. The van der Waals surface area contributed by atoms with E-state index < -0.39 is 0 Å². The fourth-order valence-corrected chi connectivity index (χ4v) is 3.69. The van der Waals surface area contributed by atoms with Gasteiger partial charge in [0.05, 0.1) is 28.8 Å². The van der Waals surface area contributed by atoms with E-state index in [4.69, 9.17) is 21.1 Å². The summed E-state index contributed by atoms with van der Waals surface area (Å²) in [6.45, 7) is 0.856. The molecule has 2 unspecified atom stereocenters. The van der Waals surface area contributed by atoms with Crippen molar-refractivity contribution in [1.82, 2.24) is 4.98 Å². The van der Waals surface area contributed by atoms with Gasteiger partial charge in [0.1, 0.15) is 0 Å². The number of hydrogen-bond donors (Lipinski definition) is 0. The number of methoxy groups -OCH3 is 1. The van der Waals surface area contributed by atoms with Crippen LogP contribution in [0.25, 0.3) is 0 Å². The maximum Gasteiger partial charge on any atom is 0.0928 e. The average Bonchev–Trinajstić information content (AvgIpc) is 2.95. The SMILES string of the molecule is COC1CCCC(OCCCCc2nc(CCl)cs2)C1. The molecule has 3 nitrogen and oxygen atoms in total. The van der Waals surface area contributed by atoms with Gasteiger partial charge >= 0.3 is 0 Å². The third kappa shape index (κ3) is 5.32. The predicted molar refractivity (Wildman–Crippen MR) is 83.6 cm³/mol. The second kappa shape index (κ2) is 8.98. The topological polar surface area (TPSA) is 31.4 Å². The van der Waals surface area contributed by atoms with E-state index in [1.165, 1.54) is 24.3 Å². The highest BCUT2D eigenvalue weighted by atomic mass is 35.5. The van der Waals surface area contributed by atoms with E-state index in [0.29, 0.717) is 18.1 Å². The molecule has 114 valence electrons. The second-order valence-corrected chi connectivity index (χ2v) is 6.55. The summed E-state index contributed by atoms with van der Waals surface area (Å²) in [6.07, 6.45) is 8.73. The molecule has 2 atom stereocenters. The van der Waals surface area contributed by atoms with Gasteiger partial charge in [0.2, 0.25) is 0 Å². The molecule has 1 heterocycles. The molecule has 1 aromatic heterocycles. The summed E-state index contributed by atoms with van der Waals surface area (Å²) in [6, 6.07) is 0. The molecule has 20 heavy (non-hydrogen) atoms. The highest BCUT2D eigenvalue weighted by Crippen LogP contribution is 2.23. The molecular weight excluding hydrogens is 294 g/mol. The Hall–Kier alpha value is -0.160. The van der Waals surface area contributed by atoms with Crippen LogP contribution in [0.15, 0.2) is 5.38 Å². The van der Waals surface area contributed by atoms with E-state index in [-0.39, 0.29) is 0 Å². The van der Waals surface area contributed by atoms with E-state index >= 15 is 0 Å². The molecule has 1 aliphatic carbocycles. The standard InChI is InChI=1S/C15H24ClNO2S/c1-18-13-5-4-6-14(9-13)19-8-3-2-7-15-17-12(10-16)11-20-15/h11,13-14H,2-10H2,1H3. The molecule has 1 fully saturated rings. The maximum atomic E-state index is 5.96. The number of aromatic nitrogens is 1. The predicted octanol–water partition coefficient (Wildman–Crippen LogP) is 4.18. The van der Waals surface area contributed by atoms with Crippen molar-refractivity contribution in [3.05, 3.63) is 16.1 Å². The Labute approximate surface area is 130 Å². The lowest BCUT2D eigenvalue weighted by atomic mass is 9.95. The van der Waals surface area contributed by atoms with Crippen LogP contribution in [-0.2, 0) is 21.8 Å². The Balaban J connectivity index is 1.55. The Bertz CT molecular complexity index is 386. The van der Waals surface area contributed by atoms with E-state index in [1.54, 1.807) is 18.4 Å². The lowest BCUT2D eigenvalue weighted by Crippen LogP contribution is -2.27. The summed E-state index contributed by atoms with van der Waals surface area (Å²) in [5.41, 5.74) is 0.996. The number of rotatable bonds is 8. The van der Waals surface area contributed by atoms with Crippen molar-refractivity contribution in [2.24, 2.45) is 0 Å². The summed E-state index contributed by atoms with van der Waals surface area (Å²) in [5, 5.41) is 3.24. The second-order valence-electron chi connectivity index (χ2n) is 5.34. The van der Waals surface area contributed by atoms with Crippen molar-refractivity contribution in [3.63, 3.8) is 0 Å². The van der Waals surface area contributed by atoms with E-state index in [1.807, 2.05) is 5.38 Å². The summed E-state index contributed by atoms with van der Waals surface area (Å²) in [7, 11) is 1.80. The summed E-state index contributed by atoms with van der Waals surface area (Å²) < 4.78 is 11.4. The number of unbranched alkanes of at least 4 members (excludes halogenated alkanes) is 1. The van der Waals surface area contributed by atoms with Crippen LogP contribution in [0.2, 0.25) is 0 Å². The van der Waals surface area contributed by atoms with Crippen LogP contribution < -0.4 is 0 Å². The summed E-state index contributed by atoms with van der Waals surface area (Å²) >= 11 is 7.46. The maximum absolute atomic E-state index is 5.96. The van der Waals surface area contributed by atoms with Crippen LogP contribution in [0.3, 0.4) is 0 Å². The van der Waals surface area contributed by atoms with Crippen molar-refractivity contribution in [2.75, 3.05) is 13.7 Å². The zero-order chi connectivity index (χ0) is 14.2. The number of hydrogen-bond acceptors (Lipinski definition) is 4. The molecule has 0 radical (unpaired) electrons. The van der Waals surface area contributed by atoms with Gasteiger partial charge in [-0.15, -0.1) is 22.9 Å². The Morgan fingerprint density at radius 1 is 1.35 bits per heavy atom. The molecular formula is C15H24ClNO2S. The van der Waals surface area contributed by atoms with Gasteiger partial charge in [-0.25, -0.2) is 4.98 Å². The molecule has 1 aromatic rings. The molecule has 0 spiro atoms. The van der Waals surface area contributed by atoms with Crippen molar-refractivity contribution >= 4 is 22.9 Å². The molecule has 2 rings (SSSR count). The fourth-order valence-electron chi connectivity index (χ4n) is 2.62. The van der Waals surface area contributed by atoms with Gasteiger partial charge in [-0.1, -0.05) is 0 Å². The van der Waals surface area contributed by atoms with Crippen LogP contribution in [0, 0.1) is 0 Å². The Kier molecular flexibility index (Phi) is 7.28. The highest BCUT2D eigenvalue weighted by Gasteiger charge is 2.21. The van der Waals surface area contributed by atoms with Crippen molar-refractivity contribution < 1.29 is 9.47 Å². The van der Waals surface area contributed by atoms with Gasteiger partial charge in [0, 0.05) is 19.1 Å². The van der Waals surface area contributed by atoms with Gasteiger partial charge < -0.3 is 9.47 Å². The molecule has 1 aliphatic rings. The Morgan fingerprint density at radius 3 is 2.95 bits per heavy atom. The van der Waals surface area contributed by atoms with Crippen LogP contribution in [-0.4, -0.2) is 30.9 Å². The first-order valence-electron chi connectivity index (χ1n) is 7.45. The first-order valence-corrected chi connectivity index (χ1v) is 8.87. The lowest BCUT2D eigenvalue weighted by molar-refractivity contribution is -0.0302. The van der Waals surface area contributed by atoms with Crippen LogP contribution in [0.4, 0.5) is 0 Å². The normalized spacial score (nSPS) is 23.1. The fraction of sp³-hybridized carbons (Fsp3) is 0.800. The van der Waals surface area contributed by atoms with Gasteiger partial charge in [-0.2, -0.15) is 0 Å². The van der Waals surface area contributed by atoms with Crippen LogP contribution in [0.5, 0.6) is 0 Å². The van der Waals surface area contributed by atoms with E-state index in [2.05, 4.69) is 4.98 Å². The number of aryl methyl sites for hydroxylation is 1. The first-order chi connectivity index (χ1) is 9.81. The van der Waals surface area contributed by atoms with Crippen LogP contribution in [0.1, 0.15) is 49.2 Å². The largest absolute Gasteiger partial charge is 0.381 e. The number of ether oxygens (including phenoxy) is 2. The molecule has 0 bridgehead atoms. The van der Waals surface area contributed by atoms with Crippen molar-refractivity contribution in [3.8, 4) is 0 Å². The van der Waals surface area contributed by atoms with Crippen molar-refractivity contribution in [2.45, 2.75) is 63.0 Å². The average molecular weight is 318 g/mol. The summed E-state index contributed by atoms with van der Waals surface area (Å²) in [4.78, 5) is 4.47. The quantitative estimate of drug-likeness (QED) is 0.532. The highest BCUT2D eigenvalue weighted by molar-refractivity contribution is 7.09. The molecule has 0 saturated heterocycles. The van der Waals surface area contributed by atoms with Gasteiger partial charge in [-0.05, 0) is 44.9 Å². The number of nitrogens with zero attached hydrogens (tertiary/aromatic N) is 1. The third-order valence-corrected chi connectivity index (χ3v) is 5.02. The molecule has 0 amide bonds. The van der Waals surface area contributed by atoms with Gasteiger partial charge in [-0.3, -0.25) is 0 Å². The third-order valence-electron chi connectivity index (χ3n) is 3.79. The van der Waals surface area contributed by atoms with Crippen molar-refractivity contribution in [1.29, 1.82) is 0 Å². The first kappa shape index (κ1) is 16.2.